The normalized spacial score (nSPS) is 12.1. The molecule has 0 unspecified atom stereocenters. The van der Waals surface area contributed by atoms with Crippen LogP contribution in [0.4, 0.5) is 5.82 Å². The van der Waals surface area contributed by atoms with Crippen LogP contribution < -0.4 is 11.5 Å². The molecule has 2 aromatic rings. The summed E-state index contributed by atoms with van der Waals surface area (Å²) < 4.78 is 4.37. The lowest BCUT2D eigenvalue weighted by atomic mass is 10.2. The van der Waals surface area contributed by atoms with Crippen molar-refractivity contribution >= 4 is 17.9 Å². The Morgan fingerprint density at radius 2 is 2.11 bits per heavy atom. The lowest BCUT2D eigenvalue weighted by molar-refractivity contribution is 0.308. The molecule has 1 aromatic heterocycles. The average Bonchev–Trinajstić information content (AvgIpc) is 2.78. The number of benzene rings is 1. The van der Waals surface area contributed by atoms with Crippen LogP contribution in [0.15, 0.2) is 39.1 Å². The molecule has 0 spiro atoms. The van der Waals surface area contributed by atoms with Crippen molar-refractivity contribution in [3.05, 3.63) is 35.5 Å². The molecule has 8 nitrogen and oxygen atoms in total. The fourth-order valence-electron chi connectivity index (χ4n) is 1.17. The van der Waals surface area contributed by atoms with E-state index in [2.05, 4.69) is 25.1 Å². The van der Waals surface area contributed by atoms with Gasteiger partial charge in [-0.3, -0.25) is 0 Å². The fourth-order valence-corrected chi connectivity index (χ4v) is 1.17. The standard InChI is InChI=1S/C10H10N6O2/c11-9(8-10(12)16-18-15-8)14-13-5-6-3-1-2-4-7(6)17/h1-5,17H,(H2,11,14)(H2,12,16)/b13-5-. The molecule has 0 aliphatic rings. The fraction of sp³-hybridized carbons (Fsp3) is 0. The Morgan fingerprint density at radius 3 is 2.78 bits per heavy atom. The van der Waals surface area contributed by atoms with E-state index in [0.717, 1.165) is 0 Å². The lowest BCUT2D eigenvalue weighted by Gasteiger charge is -1.95. The first kappa shape index (κ1) is 11.6. The van der Waals surface area contributed by atoms with Crippen LogP contribution in [0.3, 0.4) is 0 Å². The van der Waals surface area contributed by atoms with E-state index in [1.807, 2.05) is 0 Å². The zero-order valence-electron chi connectivity index (χ0n) is 9.19. The van der Waals surface area contributed by atoms with Gasteiger partial charge in [-0.2, -0.15) is 5.10 Å². The van der Waals surface area contributed by atoms with Crippen LogP contribution in [0.5, 0.6) is 5.75 Å². The monoisotopic (exact) mass is 246 g/mol. The Morgan fingerprint density at radius 1 is 1.33 bits per heavy atom. The van der Waals surface area contributed by atoms with Gasteiger partial charge in [0, 0.05) is 5.56 Å². The Balaban J connectivity index is 2.16. The van der Waals surface area contributed by atoms with Crippen molar-refractivity contribution in [3.8, 4) is 5.75 Å². The SMILES string of the molecule is NC(=N/N=C\c1ccccc1O)c1nonc1N. The molecule has 2 rings (SSSR count). The molecular weight excluding hydrogens is 236 g/mol. The van der Waals surface area contributed by atoms with Gasteiger partial charge in [0.1, 0.15) is 5.75 Å². The molecule has 0 atom stereocenters. The molecule has 5 N–H and O–H groups in total. The summed E-state index contributed by atoms with van der Waals surface area (Å²) in [6, 6.07) is 6.67. The van der Waals surface area contributed by atoms with Gasteiger partial charge in [-0.1, -0.05) is 12.1 Å². The highest BCUT2D eigenvalue weighted by Crippen LogP contribution is 2.12. The maximum atomic E-state index is 9.48. The number of hydrogen-bond donors (Lipinski definition) is 3. The van der Waals surface area contributed by atoms with Crippen LogP contribution >= 0.6 is 0 Å². The molecule has 0 aliphatic heterocycles. The summed E-state index contributed by atoms with van der Waals surface area (Å²) >= 11 is 0. The number of phenols is 1. The summed E-state index contributed by atoms with van der Waals surface area (Å²) in [6.07, 6.45) is 1.35. The van der Waals surface area contributed by atoms with E-state index in [4.69, 9.17) is 11.5 Å². The number of phenolic OH excluding ortho intramolecular Hbond substituents is 1. The molecule has 92 valence electrons. The number of amidine groups is 1. The largest absolute Gasteiger partial charge is 0.507 e. The number of nitrogens with two attached hydrogens (primary N) is 2. The molecule has 1 heterocycles. The van der Waals surface area contributed by atoms with Gasteiger partial charge in [-0.05, 0) is 22.4 Å². The van der Waals surface area contributed by atoms with Crippen molar-refractivity contribution in [1.82, 2.24) is 10.3 Å². The van der Waals surface area contributed by atoms with Crippen LogP contribution in [0, 0.1) is 0 Å². The number of hydrogen-bond acceptors (Lipinski definition) is 7. The van der Waals surface area contributed by atoms with E-state index in [1.54, 1.807) is 18.2 Å². The van der Waals surface area contributed by atoms with E-state index in [0.29, 0.717) is 5.56 Å². The first-order valence-corrected chi connectivity index (χ1v) is 4.91. The zero-order valence-corrected chi connectivity index (χ0v) is 9.19. The van der Waals surface area contributed by atoms with E-state index < -0.39 is 0 Å². The molecule has 0 saturated heterocycles. The van der Waals surface area contributed by atoms with Gasteiger partial charge in [0.05, 0.1) is 6.21 Å². The van der Waals surface area contributed by atoms with E-state index in [-0.39, 0.29) is 23.1 Å². The van der Waals surface area contributed by atoms with Crippen LogP contribution in [0.1, 0.15) is 11.3 Å². The topological polar surface area (TPSA) is 136 Å². The summed E-state index contributed by atoms with van der Waals surface area (Å²) in [4.78, 5) is 0. The van der Waals surface area contributed by atoms with E-state index in [9.17, 15) is 5.11 Å². The van der Waals surface area contributed by atoms with Gasteiger partial charge in [0.15, 0.2) is 17.3 Å². The number of nitrogens with zero attached hydrogens (tertiary/aromatic N) is 4. The number of rotatable bonds is 3. The molecule has 18 heavy (non-hydrogen) atoms. The second-order valence-electron chi connectivity index (χ2n) is 3.29. The third-order valence-corrected chi connectivity index (χ3v) is 2.06. The van der Waals surface area contributed by atoms with Crippen molar-refractivity contribution in [2.45, 2.75) is 0 Å². The van der Waals surface area contributed by atoms with Crippen molar-refractivity contribution in [3.63, 3.8) is 0 Å². The predicted molar refractivity (Wildman–Crippen MR) is 65.1 cm³/mol. The summed E-state index contributed by atoms with van der Waals surface area (Å²) in [7, 11) is 0. The molecule has 0 saturated carbocycles. The molecule has 0 amide bonds. The van der Waals surface area contributed by atoms with E-state index >= 15 is 0 Å². The number of anilines is 1. The molecule has 0 fully saturated rings. The summed E-state index contributed by atoms with van der Waals surface area (Å²) in [5.74, 6) is 0.104. The minimum atomic E-state index is -0.0274. The quantitative estimate of drug-likeness (QED) is 0.399. The number of para-hydroxylation sites is 1. The maximum Gasteiger partial charge on any atom is 0.199 e. The van der Waals surface area contributed by atoms with Crippen molar-refractivity contribution < 1.29 is 9.74 Å². The molecule has 8 heteroatoms. The van der Waals surface area contributed by atoms with Gasteiger partial charge < -0.3 is 16.6 Å². The molecule has 0 radical (unpaired) electrons. The summed E-state index contributed by atoms with van der Waals surface area (Å²) in [5.41, 5.74) is 11.6. The van der Waals surface area contributed by atoms with Gasteiger partial charge in [-0.15, -0.1) is 5.10 Å². The highest BCUT2D eigenvalue weighted by molar-refractivity contribution is 5.99. The predicted octanol–water partition coefficient (Wildman–Crippen LogP) is 0.0968. The van der Waals surface area contributed by atoms with Gasteiger partial charge in [0.2, 0.25) is 0 Å². The Bertz CT molecular complexity index is 604. The second-order valence-corrected chi connectivity index (χ2v) is 3.29. The summed E-state index contributed by atoms with van der Waals surface area (Å²) in [6.45, 7) is 0. The highest BCUT2D eigenvalue weighted by Gasteiger charge is 2.09. The maximum absolute atomic E-state index is 9.48. The van der Waals surface area contributed by atoms with Crippen LogP contribution in [-0.2, 0) is 0 Å². The van der Waals surface area contributed by atoms with Crippen molar-refractivity contribution in [1.29, 1.82) is 0 Å². The zero-order chi connectivity index (χ0) is 13.0. The number of aromatic hydroxyl groups is 1. The lowest BCUT2D eigenvalue weighted by Crippen LogP contribution is -2.15. The Kier molecular flexibility index (Phi) is 3.19. The average molecular weight is 246 g/mol. The summed E-state index contributed by atoms with van der Waals surface area (Å²) in [5, 5.41) is 23.7. The molecule has 0 bridgehead atoms. The highest BCUT2D eigenvalue weighted by atomic mass is 16.6. The van der Waals surface area contributed by atoms with E-state index in [1.165, 1.54) is 12.3 Å². The van der Waals surface area contributed by atoms with Crippen molar-refractivity contribution in [2.24, 2.45) is 15.9 Å². The minimum absolute atomic E-state index is 0.0274. The number of aromatic nitrogens is 2. The number of nitrogen functional groups attached to an aromatic ring is 1. The van der Waals surface area contributed by atoms with Crippen molar-refractivity contribution in [2.75, 3.05) is 5.73 Å². The Hall–Kier alpha value is -2.90. The third kappa shape index (κ3) is 2.43. The van der Waals surface area contributed by atoms with Gasteiger partial charge in [0.25, 0.3) is 0 Å². The van der Waals surface area contributed by atoms with Gasteiger partial charge in [-0.25, -0.2) is 4.63 Å². The second kappa shape index (κ2) is 4.95. The molecule has 0 aliphatic carbocycles. The molecular formula is C10H10N6O2. The minimum Gasteiger partial charge on any atom is -0.507 e. The van der Waals surface area contributed by atoms with Crippen LogP contribution in [0.25, 0.3) is 0 Å². The smallest absolute Gasteiger partial charge is 0.199 e. The first-order chi connectivity index (χ1) is 8.68. The van der Waals surface area contributed by atoms with Gasteiger partial charge >= 0.3 is 0 Å². The first-order valence-electron chi connectivity index (χ1n) is 4.91. The molecule has 1 aromatic carbocycles. The van der Waals surface area contributed by atoms with Crippen LogP contribution in [0.2, 0.25) is 0 Å². The van der Waals surface area contributed by atoms with Crippen LogP contribution in [-0.4, -0.2) is 27.5 Å². The third-order valence-electron chi connectivity index (χ3n) is 2.06. The Labute approximate surface area is 102 Å².